The highest BCUT2D eigenvalue weighted by molar-refractivity contribution is 5.76. The van der Waals surface area contributed by atoms with E-state index in [1.807, 2.05) is 0 Å². The fraction of sp³-hybridized carbons (Fsp3) is 0.529. The zero-order chi connectivity index (χ0) is 13.4. The molecule has 1 heteroatoms. The number of benzene rings is 1. The standard InChI is InChI=1S/C17H27N/c1-5-7-8-11-14(3)15(4)16-12-9-10-13-17(16)18-6-2/h9-10,12-14,18H,4-8,11H2,1-3H3. The van der Waals surface area contributed by atoms with Gasteiger partial charge in [0.1, 0.15) is 0 Å². The molecule has 1 atom stereocenters. The number of nitrogens with one attached hydrogen (secondary N) is 1. The van der Waals surface area contributed by atoms with Crippen molar-refractivity contribution < 1.29 is 0 Å². The molecule has 0 radical (unpaired) electrons. The van der Waals surface area contributed by atoms with Crippen LogP contribution in [0.25, 0.3) is 5.57 Å². The summed E-state index contributed by atoms with van der Waals surface area (Å²) in [5.41, 5.74) is 3.76. The van der Waals surface area contributed by atoms with Gasteiger partial charge in [-0.05, 0) is 30.9 Å². The van der Waals surface area contributed by atoms with E-state index < -0.39 is 0 Å². The fourth-order valence-corrected chi connectivity index (χ4v) is 2.25. The van der Waals surface area contributed by atoms with Crippen molar-refractivity contribution >= 4 is 11.3 Å². The first-order valence-corrected chi connectivity index (χ1v) is 7.22. The van der Waals surface area contributed by atoms with Crippen LogP contribution in [0.4, 0.5) is 5.69 Å². The van der Waals surface area contributed by atoms with Gasteiger partial charge in [-0.25, -0.2) is 0 Å². The van der Waals surface area contributed by atoms with E-state index in [0.717, 1.165) is 6.54 Å². The lowest BCUT2D eigenvalue weighted by Crippen LogP contribution is -2.04. The van der Waals surface area contributed by atoms with Gasteiger partial charge in [0, 0.05) is 17.8 Å². The molecule has 0 aliphatic rings. The first-order valence-electron chi connectivity index (χ1n) is 7.22. The van der Waals surface area contributed by atoms with Crippen molar-refractivity contribution in [2.45, 2.75) is 46.5 Å². The van der Waals surface area contributed by atoms with Gasteiger partial charge in [-0.15, -0.1) is 0 Å². The molecule has 1 unspecified atom stereocenters. The Bertz CT molecular complexity index is 368. The Labute approximate surface area is 112 Å². The van der Waals surface area contributed by atoms with Crippen LogP contribution in [0.3, 0.4) is 0 Å². The average Bonchev–Trinajstić information content (AvgIpc) is 2.39. The molecule has 0 amide bonds. The van der Waals surface area contributed by atoms with E-state index in [-0.39, 0.29) is 0 Å². The predicted molar refractivity (Wildman–Crippen MR) is 82.9 cm³/mol. The fourth-order valence-electron chi connectivity index (χ4n) is 2.25. The first-order chi connectivity index (χ1) is 8.70. The minimum absolute atomic E-state index is 0.566. The molecule has 1 N–H and O–H groups in total. The van der Waals surface area contributed by atoms with Gasteiger partial charge in [0.2, 0.25) is 0 Å². The zero-order valence-electron chi connectivity index (χ0n) is 12.1. The van der Waals surface area contributed by atoms with Crippen molar-refractivity contribution in [3.05, 3.63) is 36.4 Å². The molecule has 0 heterocycles. The molecule has 0 saturated heterocycles. The topological polar surface area (TPSA) is 12.0 Å². The highest BCUT2D eigenvalue weighted by atomic mass is 14.9. The summed E-state index contributed by atoms with van der Waals surface area (Å²) in [6.45, 7) is 11.9. The summed E-state index contributed by atoms with van der Waals surface area (Å²) in [6, 6.07) is 8.50. The number of allylic oxidation sites excluding steroid dienone is 1. The Hall–Kier alpha value is -1.24. The van der Waals surface area contributed by atoms with Crippen molar-refractivity contribution in [3.63, 3.8) is 0 Å². The lowest BCUT2D eigenvalue weighted by atomic mass is 9.90. The van der Waals surface area contributed by atoms with Crippen LogP contribution >= 0.6 is 0 Å². The maximum Gasteiger partial charge on any atom is 0.0416 e. The number of rotatable bonds is 8. The summed E-state index contributed by atoms with van der Waals surface area (Å²) in [7, 11) is 0. The van der Waals surface area contributed by atoms with Gasteiger partial charge < -0.3 is 5.32 Å². The maximum absolute atomic E-state index is 4.31. The molecule has 0 aromatic heterocycles. The highest BCUT2D eigenvalue weighted by Crippen LogP contribution is 2.30. The van der Waals surface area contributed by atoms with Crippen molar-refractivity contribution in [1.29, 1.82) is 0 Å². The number of unbranched alkanes of at least 4 members (excludes halogenated alkanes) is 2. The second-order valence-corrected chi connectivity index (χ2v) is 5.00. The minimum Gasteiger partial charge on any atom is -0.385 e. The average molecular weight is 245 g/mol. The van der Waals surface area contributed by atoms with E-state index >= 15 is 0 Å². The van der Waals surface area contributed by atoms with E-state index in [4.69, 9.17) is 0 Å². The Morgan fingerprint density at radius 3 is 2.61 bits per heavy atom. The summed E-state index contributed by atoms with van der Waals surface area (Å²) in [5.74, 6) is 0.566. The van der Waals surface area contributed by atoms with E-state index in [0.29, 0.717) is 5.92 Å². The lowest BCUT2D eigenvalue weighted by Gasteiger charge is -2.18. The molecular weight excluding hydrogens is 218 g/mol. The number of anilines is 1. The zero-order valence-corrected chi connectivity index (χ0v) is 12.1. The van der Waals surface area contributed by atoms with Gasteiger partial charge >= 0.3 is 0 Å². The molecule has 0 fully saturated rings. The van der Waals surface area contributed by atoms with Crippen molar-refractivity contribution in [1.82, 2.24) is 0 Å². The number of para-hydroxylation sites is 1. The summed E-state index contributed by atoms with van der Waals surface area (Å²) >= 11 is 0. The molecule has 18 heavy (non-hydrogen) atoms. The van der Waals surface area contributed by atoms with E-state index in [9.17, 15) is 0 Å². The molecule has 0 spiro atoms. The highest BCUT2D eigenvalue weighted by Gasteiger charge is 2.11. The lowest BCUT2D eigenvalue weighted by molar-refractivity contribution is 0.587. The quantitative estimate of drug-likeness (QED) is 0.609. The molecule has 1 nitrogen and oxygen atoms in total. The smallest absolute Gasteiger partial charge is 0.0416 e. The Morgan fingerprint density at radius 2 is 1.94 bits per heavy atom. The summed E-state index contributed by atoms with van der Waals surface area (Å²) in [4.78, 5) is 0. The van der Waals surface area contributed by atoms with Gasteiger partial charge in [0.25, 0.3) is 0 Å². The normalized spacial score (nSPS) is 12.2. The summed E-state index contributed by atoms with van der Waals surface area (Å²) < 4.78 is 0. The predicted octanol–water partition coefficient (Wildman–Crippen LogP) is 5.35. The van der Waals surface area contributed by atoms with Crippen LogP contribution in [0.2, 0.25) is 0 Å². The number of hydrogen-bond donors (Lipinski definition) is 1. The van der Waals surface area contributed by atoms with E-state index in [2.05, 4.69) is 56.9 Å². The molecule has 1 rings (SSSR count). The van der Waals surface area contributed by atoms with E-state index in [1.165, 1.54) is 42.5 Å². The molecule has 100 valence electrons. The van der Waals surface area contributed by atoms with Crippen molar-refractivity contribution in [2.24, 2.45) is 5.92 Å². The van der Waals surface area contributed by atoms with Gasteiger partial charge in [-0.3, -0.25) is 0 Å². The monoisotopic (exact) mass is 245 g/mol. The minimum atomic E-state index is 0.566. The second-order valence-electron chi connectivity index (χ2n) is 5.00. The molecule has 0 aliphatic carbocycles. The molecule has 0 saturated carbocycles. The summed E-state index contributed by atoms with van der Waals surface area (Å²) in [5, 5.41) is 3.42. The third-order valence-electron chi connectivity index (χ3n) is 3.48. The van der Waals surface area contributed by atoms with Gasteiger partial charge in [0.05, 0.1) is 0 Å². The van der Waals surface area contributed by atoms with Gasteiger partial charge in [-0.1, -0.05) is 57.9 Å². The molecular formula is C17H27N. The Kier molecular flexibility index (Phi) is 6.56. The van der Waals surface area contributed by atoms with Crippen LogP contribution < -0.4 is 5.32 Å². The first kappa shape index (κ1) is 14.8. The third kappa shape index (κ3) is 4.21. The van der Waals surface area contributed by atoms with Crippen LogP contribution in [-0.2, 0) is 0 Å². The van der Waals surface area contributed by atoms with Gasteiger partial charge in [-0.2, -0.15) is 0 Å². The molecule has 1 aromatic carbocycles. The van der Waals surface area contributed by atoms with Crippen LogP contribution in [0.1, 0.15) is 52.0 Å². The van der Waals surface area contributed by atoms with E-state index in [1.54, 1.807) is 0 Å². The largest absolute Gasteiger partial charge is 0.385 e. The van der Waals surface area contributed by atoms with Crippen molar-refractivity contribution in [2.75, 3.05) is 11.9 Å². The molecule has 0 aliphatic heterocycles. The van der Waals surface area contributed by atoms with Crippen LogP contribution in [0, 0.1) is 5.92 Å². The van der Waals surface area contributed by atoms with Gasteiger partial charge in [0.15, 0.2) is 0 Å². The number of hydrogen-bond acceptors (Lipinski definition) is 1. The SMILES string of the molecule is C=C(c1ccccc1NCC)C(C)CCCCC. The second kappa shape index (κ2) is 7.97. The van der Waals surface area contributed by atoms with Crippen LogP contribution in [-0.4, -0.2) is 6.54 Å². The maximum atomic E-state index is 4.31. The molecule has 1 aromatic rings. The Balaban J connectivity index is 2.70. The molecule has 0 bridgehead atoms. The van der Waals surface area contributed by atoms with Crippen LogP contribution in [0.15, 0.2) is 30.8 Å². The van der Waals surface area contributed by atoms with Crippen LogP contribution in [0.5, 0.6) is 0 Å². The third-order valence-corrected chi connectivity index (χ3v) is 3.48. The summed E-state index contributed by atoms with van der Waals surface area (Å²) in [6.07, 6.45) is 5.16. The van der Waals surface area contributed by atoms with Crippen molar-refractivity contribution in [3.8, 4) is 0 Å². The Morgan fingerprint density at radius 1 is 1.22 bits per heavy atom.